The molecule has 0 aliphatic rings. The summed E-state index contributed by atoms with van der Waals surface area (Å²) in [4.78, 5) is 22.9. The molecule has 1 amide bonds. The number of carboxylic acid groups (broad SMARTS) is 1. The smallest absolute Gasteiger partial charge is 0.335 e. The number of carboxylic acids is 1. The van der Waals surface area contributed by atoms with Crippen molar-refractivity contribution in [3.05, 3.63) is 29.3 Å². The maximum absolute atomic E-state index is 11.9. The van der Waals surface area contributed by atoms with Crippen LogP contribution in [-0.4, -0.2) is 41.8 Å². The molecule has 19 heavy (non-hydrogen) atoms. The van der Waals surface area contributed by atoms with Gasteiger partial charge in [-0.3, -0.25) is 4.79 Å². The molecule has 6 heteroatoms. The molecule has 6 nitrogen and oxygen atoms in total. The van der Waals surface area contributed by atoms with Crippen LogP contribution in [0.3, 0.4) is 0 Å². The van der Waals surface area contributed by atoms with E-state index in [2.05, 4.69) is 5.32 Å². The standard InChI is InChI=1S/C13H17NO5/c1-8(3-4-15)14-12(16)9-5-10(13(17)18)7-11(6-9)19-2/h5-8,15H,3-4H2,1-2H3,(H,14,16)(H,17,18)/t8-/m1/s1. The molecule has 0 aromatic heterocycles. The molecule has 0 saturated carbocycles. The first kappa shape index (κ1) is 15.0. The summed E-state index contributed by atoms with van der Waals surface area (Å²) in [5.74, 6) is -1.22. The van der Waals surface area contributed by atoms with Crippen molar-refractivity contribution in [2.75, 3.05) is 13.7 Å². The number of hydrogen-bond acceptors (Lipinski definition) is 4. The van der Waals surface area contributed by atoms with Crippen LogP contribution in [-0.2, 0) is 0 Å². The molecule has 1 aromatic rings. The van der Waals surface area contributed by atoms with E-state index in [1.54, 1.807) is 6.92 Å². The van der Waals surface area contributed by atoms with Crippen LogP contribution >= 0.6 is 0 Å². The number of benzene rings is 1. The van der Waals surface area contributed by atoms with E-state index in [0.29, 0.717) is 12.2 Å². The largest absolute Gasteiger partial charge is 0.497 e. The third-order valence-corrected chi connectivity index (χ3v) is 2.59. The van der Waals surface area contributed by atoms with Crippen molar-refractivity contribution in [3.63, 3.8) is 0 Å². The Bertz CT molecular complexity index is 472. The van der Waals surface area contributed by atoms with E-state index in [0.717, 1.165) is 0 Å². The van der Waals surface area contributed by atoms with Crippen LogP contribution in [0.15, 0.2) is 18.2 Å². The lowest BCUT2D eigenvalue weighted by Gasteiger charge is -2.13. The Kier molecular flexibility index (Phi) is 5.32. The molecule has 0 spiro atoms. The van der Waals surface area contributed by atoms with Gasteiger partial charge < -0.3 is 20.3 Å². The zero-order valence-corrected chi connectivity index (χ0v) is 10.8. The number of methoxy groups -OCH3 is 1. The van der Waals surface area contributed by atoms with Crippen molar-refractivity contribution in [2.45, 2.75) is 19.4 Å². The van der Waals surface area contributed by atoms with E-state index in [9.17, 15) is 9.59 Å². The summed E-state index contributed by atoms with van der Waals surface area (Å²) < 4.78 is 4.96. The first-order valence-electron chi connectivity index (χ1n) is 5.82. The van der Waals surface area contributed by atoms with E-state index in [4.69, 9.17) is 14.9 Å². The number of aromatic carboxylic acids is 1. The van der Waals surface area contributed by atoms with Gasteiger partial charge in [0.05, 0.1) is 12.7 Å². The van der Waals surface area contributed by atoms with Crippen molar-refractivity contribution in [1.82, 2.24) is 5.32 Å². The van der Waals surface area contributed by atoms with Gasteiger partial charge in [-0.25, -0.2) is 4.79 Å². The normalized spacial score (nSPS) is 11.7. The highest BCUT2D eigenvalue weighted by Crippen LogP contribution is 2.17. The average molecular weight is 267 g/mol. The van der Waals surface area contributed by atoms with E-state index in [1.165, 1.54) is 25.3 Å². The van der Waals surface area contributed by atoms with Crippen LogP contribution in [0, 0.1) is 0 Å². The fraction of sp³-hybridized carbons (Fsp3) is 0.385. The molecule has 0 saturated heterocycles. The SMILES string of the molecule is COc1cc(C(=O)O)cc(C(=O)N[C@H](C)CCO)c1. The molecule has 0 unspecified atom stereocenters. The molecule has 0 radical (unpaired) electrons. The maximum Gasteiger partial charge on any atom is 0.335 e. The van der Waals surface area contributed by atoms with Crippen LogP contribution < -0.4 is 10.1 Å². The van der Waals surface area contributed by atoms with Gasteiger partial charge in [-0.05, 0) is 31.5 Å². The lowest BCUT2D eigenvalue weighted by Crippen LogP contribution is -2.33. The number of nitrogens with one attached hydrogen (secondary N) is 1. The second-order valence-corrected chi connectivity index (χ2v) is 4.14. The summed E-state index contributed by atoms with van der Waals surface area (Å²) in [6.07, 6.45) is 0.432. The lowest BCUT2D eigenvalue weighted by molar-refractivity contribution is 0.0696. The fourth-order valence-corrected chi connectivity index (χ4v) is 1.54. The zero-order valence-electron chi connectivity index (χ0n) is 10.8. The summed E-state index contributed by atoms with van der Waals surface area (Å²) >= 11 is 0. The Hall–Kier alpha value is -2.08. The first-order chi connectivity index (χ1) is 8.97. The highest BCUT2D eigenvalue weighted by atomic mass is 16.5. The number of hydrogen-bond donors (Lipinski definition) is 3. The molecule has 1 atom stereocenters. The Labute approximate surface area is 111 Å². The molecular weight excluding hydrogens is 250 g/mol. The average Bonchev–Trinajstić information content (AvgIpc) is 2.38. The van der Waals surface area contributed by atoms with E-state index in [1.807, 2.05) is 0 Å². The third-order valence-electron chi connectivity index (χ3n) is 2.59. The Balaban J connectivity index is 2.95. The second kappa shape index (κ2) is 6.75. The molecule has 0 heterocycles. The summed E-state index contributed by atoms with van der Waals surface area (Å²) in [5.41, 5.74) is 0.195. The Morgan fingerprint density at radius 2 is 1.95 bits per heavy atom. The maximum atomic E-state index is 11.9. The molecule has 0 fully saturated rings. The monoisotopic (exact) mass is 267 g/mol. The van der Waals surface area contributed by atoms with Crippen molar-refractivity contribution < 1.29 is 24.5 Å². The Morgan fingerprint density at radius 1 is 1.32 bits per heavy atom. The van der Waals surface area contributed by atoms with Gasteiger partial charge >= 0.3 is 5.97 Å². The van der Waals surface area contributed by atoms with Crippen molar-refractivity contribution >= 4 is 11.9 Å². The minimum absolute atomic E-state index is 0.0145. The highest BCUT2D eigenvalue weighted by Gasteiger charge is 2.14. The topological polar surface area (TPSA) is 95.9 Å². The quantitative estimate of drug-likeness (QED) is 0.711. The first-order valence-corrected chi connectivity index (χ1v) is 5.82. The molecule has 0 aliphatic heterocycles. The Morgan fingerprint density at radius 3 is 2.47 bits per heavy atom. The van der Waals surface area contributed by atoms with E-state index in [-0.39, 0.29) is 23.8 Å². The van der Waals surface area contributed by atoms with Crippen molar-refractivity contribution in [2.24, 2.45) is 0 Å². The lowest BCUT2D eigenvalue weighted by atomic mass is 10.1. The van der Waals surface area contributed by atoms with E-state index < -0.39 is 11.9 Å². The van der Waals surface area contributed by atoms with Crippen molar-refractivity contribution in [1.29, 1.82) is 0 Å². The van der Waals surface area contributed by atoms with Crippen LogP contribution in [0.25, 0.3) is 0 Å². The van der Waals surface area contributed by atoms with Gasteiger partial charge in [0, 0.05) is 18.2 Å². The molecule has 0 bridgehead atoms. The molecule has 1 rings (SSSR count). The number of aliphatic hydroxyl groups excluding tert-OH is 1. The minimum Gasteiger partial charge on any atom is -0.497 e. The van der Waals surface area contributed by atoms with Crippen LogP contribution in [0.4, 0.5) is 0 Å². The summed E-state index contributed by atoms with van der Waals surface area (Å²) in [5, 5.41) is 20.4. The predicted molar refractivity (Wildman–Crippen MR) is 68.6 cm³/mol. The second-order valence-electron chi connectivity index (χ2n) is 4.14. The van der Waals surface area contributed by atoms with Gasteiger partial charge in [-0.1, -0.05) is 0 Å². The summed E-state index contributed by atoms with van der Waals surface area (Å²) in [7, 11) is 1.40. The number of aliphatic hydroxyl groups is 1. The molecular formula is C13H17NO5. The van der Waals surface area contributed by atoms with Gasteiger partial charge in [0.1, 0.15) is 5.75 Å². The summed E-state index contributed by atoms with van der Waals surface area (Å²) in [6.45, 7) is 1.73. The van der Waals surface area contributed by atoms with Crippen LogP contribution in [0.5, 0.6) is 5.75 Å². The van der Waals surface area contributed by atoms with Gasteiger partial charge in [0.2, 0.25) is 0 Å². The highest BCUT2D eigenvalue weighted by molar-refractivity contribution is 5.98. The van der Waals surface area contributed by atoms with Crippen molar-refractivity contribution in [3.8, 4) is 5.75 Å². The molecule has 0 aliphatic carbocycles. The molecule has 104 valence electrons. The van der Waals surface area contributed by atoms with E-state index >= 15 is 0 Å². The number of carbonyl (C=O) groups excluding carboxylic acids is 1. The molecule has 3 N–H and O–H groups in total. The number of carbonyl (C=O) groups is 2. The third kappa shape index (κ3) is 4.26. The predicted octanol–water partition coefficient (Wildman–Crippen LogP) is 0.894. The zero-order chi connectivity index (χ0) is 14.4. The van der Waals surface area contributed by atoms with Gasteiger partial charge in [-0.2, -0.15) is 0 Å². The molecule has 1 aromatic carbocycles. The minimum atomic E-state index is -1.13. The van der Waals surface area contributed by atoms with Crippen LogP contribution in [0.1, 0.15) is 34.1 Å². The summed E-state index contributed by atoms with van der Waals surface area (Å²) in [6, 6.07) is 3.90. The fourth-order valence-electron chi connectivity index (χ4n) is 1.54. The number of ether oxygens (including phenoxy) is 1. The van der Waals surface area contributed by atoms with Gasteiger partial charge in [-0.15, -0.1) is 0 Å². The van der Waals surface area contributed by atoms with Crippen LogP contribution in [0.2, 0.25) is 0 Å². The number of amides is 1. The number of rotatable bonds is 6. The van der Waals surface area contributed by atoms with Gasteiger partial charge in [0.15, 0.2) is 0 Å². The van der Waals surface area contributed by atoms with Gasteiger partial charge in [0.25, 0.3) is 5.91 Å².